The molecule has 1 saturated heterocycles. The monoisotopic (exact) mass is 298 g/mol. The highest BCUT2D eigenvalue weighted by molar-refractivity contribution is 5.93. The van der Waals surface area contributed by atoms with Gasteiger partial charge in [-0.25, -0.2) is 4.98 Å². The maximum Gasteiger partial charge on any atom is 0.244 e. The van der Waals surface area contributed by atoms with Crippen LogP contribution in [0.25, 0.3) is 11.5 Å². The Morgan fingerprint density at radius 1 is 1.32 bits per heavy atom. The molecule has 2 aromatic heterocycles. The first kappa shape index (κ1) is 14.5. The van der Waals surface area contributed by atoms with Gasteiger partial charge in [0.1, 0.15) is 11.5 Å². The highest BCUT2D eigenvalue weighted by atomic mass is 16.2. The van der Waals surface area contributed by atoms with E-state index in [2.05, 4.69) is 25.3 Å². The quantitative estimate of drug-likeness (QED) is 0.919. The van der Waals surface area contributed by atoms with E-state index in [9.17, 15) is 4.79 Å². The number of carbonyl (C=O) groups excluding carboxylic acids is 1. The summed E-state index contributed by atoms with van der Waals surface area (Å²) < 4.78 is 0. The predicted molar refractivity (Wildman–Crippen MR) is 82.1 cm³/mol. The van der Waals surface area contributed by atoms with E-state index >= 15 is 0 Å². The van der Waals surface area contributed by atoms with Crippen LogP contribution in [0, 0.1) is 6.92 Å². The topological polar surface area (TPSA) is 83.9 Å². The van der Waals surface area contributed by atoms with Gasteiger partial charge in [-0.15, -0.1) is 0 Å². The molecule has 1 amide bonds. The van der Waals surface area contributed by atoms with E-state index in [1.165, 1.54) is 0 Å². The van der Waals surface area contributed by atoms with Gasteiger partial charge in [0.2, 0.25) is 11.9 Å². The average Bonchev–Trinajstić information content (AvgIpc) is 2.94. The summed E-state index contributed by atoms with van der Waals surface area (Å²) in [7, 11) is 1.95. The molecule has 1 aliphatic rings. The number of pyridine rings is 1. The van der Waals surface area contributed by atoms with Crippen LogP contribution in [0.2, 0.25) is 0 Å². The zero-order valence-electron chi connectivity index (χ0n) is 12.7. The van der Waals surface area contributed by atoms with E-state index < -0.39 is 0 Å². The SMILES string of the molecule is Cc1nc(NC(=O)C2CCCN2C)nc(-c2ccccn2)n1. The van der Waals surface area contributed by atoms with Crippen molar-refractivity contribution in [2.45, 2.75) is 25.8 Å². The first-order valence-corrected chi connectivity index (χ1v) is 7.28. The molecule has 3 heterocycles. The molecule has 2 aromatic rings. The van der Waals surface area contributed by atoms with Gasteiger partial charge in [-0.2, -0.15) is 9.97 Å². The molecule has 1 N–H and O–H groups in total. The number of carbonyl (C=O) groups is 1. The van der Waals surface area contributed by atoms with E-state index in [0.29, 0.717) is 17.3 Å². The van der Waals surface area contributed by atoms with Crippen molar-refractivity contribution in [2.75, 3.05) is 18.9 Å². The summed E-state index contributed by atoms with van der Waals surface area (Å²) >= 11 is 0. The van der Waals surface area contributed by atoms with Crippen molar-refractivity contribution in [1.29, 1.82) is 0 Å². The van der Waals surface area contributed by atoms with Crippen LogP contribution >= 0.6 is 0 Å². The largest absolute Gasteiger partial charge is 0.295 e. The molecule has 0 spiro atoms. The summed E-state index contributed by atoms with van der Waals surface area (Å²) in [5.74, 6) is 1.21. The number of aryl methyl sites for hydroxylation is 1. The van der Waals surface area contributed by atoms with Crippen LogP contribution in [-0.4, -0.2) is 50.4 Å². The number of likely N-dealkylation sites (N-methyl/N-ethyl adjacent to an activating group) is 1. The number of likely N-dealkylation sites (tertiary alicyclic amines) is 1. The number of hydrogen-bond donors (Lipinski definition) is 1. The van der Waals surface area contributed by atoms with E-state index in [1.807, 2.05) is 30.1 Å². The van der Waals surface area contributed by atoms with Gasteiger partial charge in [0.05, 0.1) is 6.04 Å². The number of hydrogen-bond acceptors (Lipinski definition) is 6. The van der Waals surface area contributed by atoms with E-state index in [1.54, 1.807) is 13.1 Å². The van der Waals surface area contributed by atoms with E-state index in [4.69, 9.17) is 0 Å². The lowest BCUT2D eigenvalue weighted by Gasteiger charge is -2.18. The lowest BCUT2D eigenvalue weighted by molar-refractivity contribution is -0.120. The van der Waals surface area contributed by atoms with Gasteiger partial charge in [0.25, 0.3) is 0 Å². The third-order valence-corrected chi connectivity index (χ3v) is 3.70. The smallest absolute Gasteiger partial charge is 0.244 e. The second-order valence-electron chi connectivity index (χ2n) is 5.37. The van der Waals surface area contributed by atoms with Crippen LogP contribution in [-0.2, 0) is 4.79 Å². The van der Waals surface area contributed by atoms with Gasteiger partial charge in [-0.1, -0.05) is 6.07 Å². The normalized spacial score (nSPS) is 18.4. The number of amides is 1. The van der Waals surface area contributed by atoms with Gasteiger partial charge >= 0.3 is 0 Å². The number of anilines is 1. The highest BCUT2D eigenvalue weighted by Gasteiger charge is 2.28. The third kappa shape index (κ3) is 3.09. The molecule has 114 valence electrons. The molecule has 1 unspecified atom stereocenters. The molecule has 3 rings (SSSR count). The fourth-order valence-corrected chi connectivity index (χ4v) is 2.58. The lowest BCUT2D eigenvalue weighted by atomic mass is 10.2. The molecule has 22 heavy (non-hydrogen) atoms. The van der Waals surface area contributed by atoms with Crippen LogP contribution in [0.5, 0.6) is 0 Å². The van der Waals surface area contributed by atoms with Crippen molar-refractivity contribution in [3.8, 4) is 11.5 Å². The van der Waals surface area contributed by atoms with Crippen molar-refractivity contribution in [3.05, 3.63) is 30.2 Å². The van der Waals surface area contributed by atoms with E-state index in [0.717, 1.165) is 19.4 Å². The maximum atomic E-state index is 12.3. The van der Waals surface area contributed by atoms with Gasteiger partial charge in [-0.05, 0) is 45.5 Å². The zero-order valence-corrected chi connectivity index (χ0v) is 12.7. The molecule has 0 aromatic carbocycles. The van der Waals surface area contributed by atoms with E-state index in [-0.39, 0.29) is 17.9 Å². The molecule has 0 aliphatic carbocycles. The Hall–Kier alpha value is -2.41. The third-order valence-electron chi connectivity index (χ3n) is 3.70. The number of nitrogens with zero attached hydrogens (tertiary/aromatic N) is 5. The average molecular weight is 298 g/mol. The Kier molecular flexibility index (Phi) is 4.06. The Labute approximate surface area is 128 Å². The molecule has 1 fully saturated rings. The number of rotatable bonds is 3. The molecule has 7 heteroatoms. The first-order valence-electron chi connectivity index (χ1n) is 7.28. The van der Waals surface area contributed by atoms with Gasteiger partial charge in [0.15, 0.2) is 5.82 Å². The lowest BCUT2D eigenvalue weighted by Crippen LogP contribution is -2.37. The van der Waals surface area contributed by atoms with Crippen molar-refractivity contribution in [3.63, 3.8) is 0 Å². The van der Waals surface area contributed by atoms with Crippen LogP contribution < -0.4 is 5.32 Å². The van der Waals surface area contributed by atoms with Crippen LogP contribution in [0.3, 0.4) is 0 Å². The van der Waals surface area contributed by atoms with Gasteiger partial charge < -0.3 is 0 Å². The van der Waals surface area contributed by atoms with Crippen molar-refractivity contribution >= 4 is 11.9 Å². The van der Waals surface area contributed by atoms with Gasteiger partial charge in [0, 0.05) is 6.20 Å². The minimum atomic E-state index is -0.115. The molecule has 7 nitrogen and oxygen atoms in total. The fourth-order valence-electron chi connectivity index (χ4n) is 2.58. The fraction of sp³-hybridized carbons (Fsp3) is 0.400. The Balaban J connectivity index is 1.82. The second kappa shape index (κ2) is 6.15. The molecular weight excluding hydrogens is 280 g/mol. The molecule has 0 bridgehead atoms. The second-order valence-corrected chi connectivity index (χ2v) is 5.37. The van der Waals surface area contributed by atoms with Crippen molar-refractivity contribution in [1.82, 2.24) is 24.8 Å². The summed E-state index contributed by atoms with van der Waals surface area (Å²) in [5, 5.41) is 2.79. The summed E-state index contributed by atoms with van der Waals surface area (Å²) in [6.07, 6.45) is 3.57. The molecule has 0 radical (unpaired) electrons. The number of aromatic nitrogens is 4. The Morgan fingerprint density at radius 3 is 2.86 bits per heavy atom. The minimum Gasteiger partial charge on any atom is -0.295 e. The summed E-state index contributed by atoms with van der Waals surface area (Å²) in [4.78, 5) is 31.4. The van der Waals surface area contributed by atoms with Crippen LogP contribution in [0.4, 0.5) is 5.95 Å². The number of nitrogens with one attached hydrogen (secondary N) is 1. The van der Waals surface area contributed by atoms with Crippen molar-refractivity contribution < 1.29 is 4.79 Å². The summed E-state index contributed by atoms with van der Waals surface area (Å²) in [5.41, 5.74) is 0.654. The highest BCUT2D eigenvalue weighted by Crippen LogP contribution is 2.17. The Morgan fingerprint density at radius 2 is 2.18 bits per heavy atom. The van der Waals surface area contributed by atoms with Crippen LogP contribution in [0.15, 0.2) is 24.4 Å². The summed E-state index contributed by atoms with van der Waals surface area (Å²) in [6.45, 7) is 2.71. The zero-order chi connectivity index (χ0) is 15.5. The van der Waals surface area contributed by atoms with Crippen molar-refractivity contribution in [2.24, 2.45) is 0 Å². The first-order chi connectivity index (χ1) is 10.6. The standard InChI is InChI=1S/C15H18N6O/c1-10-17-13(11-6-3-4-8-16-11)19-15(18-10)20-14(22)12-7-5-9-21(12)2/h3-4,6,8,12H,5,7,9H2,1-2H3,(H,17,18,19,20,22). The molecule has 0 saturated carbocycles. The molecule has 1 aliphatic heterocycles. The minimum absolute atomic E-state index is 0.0717. The maximum absolute atomic E-state index is 12.3. The molecule has 1 atom stereocenters. The Bertz CT molecular complexity index is 675. The predicted octanol–water partition coefficient (Wildman–Crippen LogP) is 1.27. The van der Waals surface area contributed by atoms with Gasteiger partial charge in [-0.3, -0.25) is 20.0 Å². The summed E-state index contributed by atoms with van der Waals surface area (Å²) in [6, 6.07) is 5.41. The molecular formula is C15H18N6O. The van der Waals surface area contributed by atoms with Crippen LogP contribution in [0.1, 0.15) is 18.7 Å².